The number of nitrogens with zero attached hydrogens (tertiary/aromatic N) is 1. The van der Waals surface area contributed by atoms with Gasteiger partial charge in [-0.3, -0.25) is 4.79 Å². The molecule has 0 aromatic heterocycles. The third-order valence-electron chi connectivity index (χ3n) is 4.48. The van der Waals surface area contributed by atoms with E-state index >= 15 is 0 Å². The standard InChI is InChI=1S/C18H25F3N2O/c1-2-3-9-23-10-7-14(8-11-23)12-17(24)22-16-6-4-5-15(13-16)18(19,20)21/h4-6,13-14H,2-3,7-12H2,1H3,(H,22,24). The molecule has 0 bridgehead atoms. The molecule has 24 heavy (non-hydrogen) atoms. The number of hydrogen-bond acceptors (Lipinski definition) is 2. The number of unbranched alkanes of at least 4 members (excludes halogenated alkanes) is 1. The monoisotopic (exact) mass is 342 g/mol. The van der Waals surface area contributed by atoms with Crippen LogP contribution in [0.25, 0.3) is 0 Å². The van der Waals surface area contributed by atoms with E-state index in [1.807, 2.05) is 0 Å². The first-order chi connectivity index (χ1) is 11.4. The number of carbonyl (C=O) groups is 1. The van der Waals surface area contributed by atoms with Gasteiger partial charge in [0.05, 0.1) is 5.56 Å². The molecule has 0 atom stereocenters. The van der Waals surface area contributed by atoms with Crippen molar-refractivity contribution in [3.8, 4) is 0 Å². The van der Waals surface area contributed by atoms with Crippen LogP contribution >= 0.6 is 0 Å². The first-order valence-corrected chi connectivity index (χ1v) is 8.58. The second-order valence-corrected chi connectivity index (χ2v) is 6.47. The van der Waals surface area contributed by atoms with Crippen LogP contribution in [0.1, 0.15) is 44.6 Å². The van der Waals surface area contributed by atoms with Gasteiger partial charge in [0, 0.05) is 12.1 Å². The minimum absolute atomic E-state index is 0.204. The molecule has 1 heterocycles. The van der Waals surface area contributed by atoms with Crippen LogP contribution in [-0.2, 0) is 11.0 Å². The smallest absolute Gasteiger partial charge is 0.326 e. The minimum atomic E-state index is -4.40. The lowest BCUT2D eigenvalue weighted by Crippen LogP contribution is -2.35. The van der Waals surface area contributed by atoms with Gasteiger partial charge < -0.3 is 10.2 Å². The number of halogens is 3. The van der Waals surface area contributed by atoms with E-state index in [9.17, 15) is 18.0 Å². The normalized spacial score (nSPS) is 17.0. The van der Waals surface area contributed by atoms with Crippen LogP contribution in [-0.4, -0.2) is 30.4 Å². The summed E-state index contributed by atoms with van der Waals surface area (Å²) in [7, 11) is 0. The Bertz CT molecular complexity index is 537. The van der Waals surface area contributed by atoms with Crippen molar-refractivity contribution in [1.29, 1.82) is 0 Å². The number of benzene rings is 1. The zero-order valence-electron chi connectivity index (χ0n) is 14.0. The molecule has 0 saturated carbocycles. The SMILES string of the molecule is CCCCN1CCC(CC(=O)Nc2cccc(C(F)(F)F)c2)CC1. The lowest BCUT2D eigenvalue weighted by Gasteiger charge is -2.31. The molecule has 134 valence electrons. The number of rotatable bonds is 6. The zero-order valence-corrected chi connectivity index (χ0v) is 14.0. The van der Waals surface area contributed by atoms with Gasteiger partial charge in [-0.25, -0.2) is 0 Å². The Labute approximate surface area is 141 Å². The number of carbonyl (C=O) groups excluding carboxylic acids is 1. The van der Waals surface area contributed by atoms with E-state index in [-0.39, 0.29) is 11.6 Å². The van der Waals surface area contributed by atoms with Gasteiger partial charge in [0.1, 0.15) is 0 Å². The topological polar surface area (TPSA) is 32.3 Å². The Morgan fingerprint density at radius 2 is 2.00 bits per heavy atom. The van der Waals surface area contributed by atoms with Gasteiger partial charge in [0.15, 0.2) is 0 Å². The fraction of sp³-hybridized carbons (Fsp3) is 0.611. The Kier molecular flexibility index (Phi) is 6.66. The number of alkyl halides is 3. The highest BCUT2D eigenvalue weighted by atomic mass is 19.4. The molecule has 1 N–H and O–H groups in total. The van der Waals surface area contributed by atoms with E-state index in [2.05, 4.69) is 17.1 Å². The second-order valence-electron chi connectivity index (χ2n) is 6.47. The molecule has 3 nitrogen and oxygen atoms in total. The van der Waals surface area contributed by atoms with Crippen LogP contribution in [0.5, 0.6) is 0 Å². The van der Waals surface area contributed by atoms with Crippen molar-refractivity contribution in [2.75, 3.05) is 25.0 Å². The Morgan fingerprint density at radius 1 is 1.29 bits per heavy atom. The molecule has 1 aromatic carbocycles. The van der Waals surface area contributed by atoms with Crippen molar-refractivity contribution >= 4 is 11.6 Å². The van der Waals surface area contributed by atoms with Crippen molar-refractivity contribution in [2.24, 2.45) is 5.92 Å². The lowest BCUT2D eigenvalue weighted by molar-refractivity contribution is -0.137. The van der Waals surface area contributed by atoms with E-state index < -0.39 is 11.7 Å². The lowest BCUT2D eigenvalue weighted by atomic mass is 9.93. The molecule has 0 aliphatic carbocycles. The van der Waals surface area contributed by atoms with Crippen molar-refractivity contribution < 1.29 is 18.0 Å². The highest BCUT2D eigenvalue weighted by Gasteiger charge is 2.30. The molecule has 0 unspecified atom stereocenters. The molecule has 6 heteroatoms. The highest BCUT2D eigenvalue weighted by Crippen LogP contribution is 2.30. The molecule has 2 rings (SSSR count). The number of amides is 1. The summed E-state index contributed by atoms with van der Waals surface area (Å²) in [5.41, 5.74) is -0.542. The molecule has 1 aliphatic heterocycles. The summed E-state index contributed by atoms with van der Waals surface area (Å²) in [5, 5.41) is 2.59. The summed E-state index contributed by atoms with van der Waals surface area (Å²) < 4.78 is 38.1. The van der Waals surface area contributed by atoms with Gasteiger partial charge in [0.25, 0.3) is 0 Å². The van der Waals surface area contributed by atoms with Crippen LogP contribution in [0.4, 0.5) is 18.9 Å². The largest absolute Gasteiger partial charge is 0.416 e. The van der Waals surface area contributed by atoms with Crippen LogP contribution in [0.15, 0.2) is 24.3 Å². The summed E-state index contributed by atoms with van der Waals surface area (Å²) >= 11 is 0. The fourth-order valence-corrected chi connectivity index (χ4v) is 3.04. The van der Waals surface area contributed by atoms with E-state index in [0.717, 1.165) is 44.6 Å². The number of anilines is 1. The van der Waals surface area contributed by atoms with E-state index in [4.69, 9.17) is 0 Å². The number of hydrogen-bond donors (Lipinski definition) is 1. The Morgan fingerprint density at radius 3 is 2.62 bits per heavy atom. The molecular formula is C18H25F3N2O. The predicted octanol–water partition coefficient (Wildman–Crippen LogP) is 4.55. The first-order valence-electron chi connectivity index (χ1n) is 8.58. The summed E-state index contributed by atoms with van der Waals surface area (Å²) in [5.74, 6) is 0.106. The third-order valence-corrected chi connectivity index (χ3v) is 4.48. The third kappa shape index (κ3) is 5.82. The van der Waals surface area contributed by atoms with Gasteiger partial charge in [-0.1, -0.05) is 19.4 Å². The van der Waals surface area contributed by atoms with Crippen molar-refractivity contribution in [2.45, 2.75) is 45.2 Å². The van der Waals surface area contributed by atoms with Crippen LogP contribution in [0.3, 0.4) is 0 Å². The van der Waals surface area contributed by atoms with Crippen LogP contribution < -0.4 is 5.32 Å². The predicted molar refractivity (Wildman–Crippen MR) is 88.8 cm³/mol. The highest BCUT2D eigenvalue weighted by molar-refractivity contribution is 5.90. The average Bonchev–Trinajstić information content (AvgIpc) is 2.53. The van der Waals surface area contributed by atoms with E-state index in [1.54, 1.807) is 0 Å². The molecule has 1 saturated heterocycles. The summed E-state index contributed by atoms with van der Waals surface area (Å²) in [6.45, 7) is 5.29. The first kappa shape index (κ1) is 18.8. The fourth-order valence-electron chi connectivity index (χ4n) is 3.04. The summed E-state index contributed by atoms with van der Waals surface area (Å²) in [6, 6.07) is 4.78. The molecule has 1 aliphatic rings. The molecular weight excluding hydrogens is 317 g/mol. The van der Waals surface area contributed by atoms with Crippen molar-refractivity contribution in [1.82, 2.24) is 4.90 Å². The summed E-state index contributed by atoms with van der Waals surface area (Å²) in [6.07, 6.45) is 0.295. The van der Waals surface area contributed by atoms with Gasteiger partial charge in [-0.2, -0.15) is 13.2 Å². The van der Waals surface area contributed by atoms with Crippen LogP contribution in [0.2, 0.25) is 0 Å². The maximum atomic E-state index is 12.7. The number of likely N-dealkylation sites (tertiary alicyclic amines) is 1. The van der Waals surface area contributed by atoms with Gasteiger partial charge in [-0.05, 0) is 63.0 Å². The average molecular weight is 342 g/mol. The quantitative estimate of drug-likeness (QED) is 0.823. The Hall–Kier alpha value is -1.56. The Balaban J connectivity index is 1.80. The van der Waals surface area contributed by atoms with E-state index in [0.29, 0.717) is 12.3 Å². The van der Waals surface area contributed by atoms with Crippen LogP contribution in [0, 0.1) is 5.92 Å². The molecule has 1 fully saturated rings. The number of piperidine rings is 1. The molecule has 1 aromatic rings. The van der Waals surface area contributed by atoms with Crippen molar-refractivity contribution in [3.63, 3.8) is 0 Å². The molecule has 0 radical (unpaired) electrons. The van der Waals surface area contributed by atoms with Gasteiger partial charge in [-0.15, -0.1) is 0 Å². The number of nitrogens with one attached hydrogen (secondary N) is 1. The maximum Gasteiger partial charge on any atom is 0.416 e. The van der Waals surface area contributed by atoms with Gasteiger partial charge in [0.2, 0.25) is 5.91 Å². The van der Waals surface area contributed by atoms with Gasteiger partial charge >= 0.3 is 6.18 Å². The summed E-state index contributed by atoms with van der Waals surface area (Å²) in [4.78, 5) is 14.5. The maximum absolute atomic E-state index is 12.7. The molecule has 0 spiro atoms. The zero-order chi connectivity index (χ0) is 17.6. The van der Waals surface area contributed by atoms with Crippen molar-refractivity contribution in [3.05, 3.63) is 29.8 Å². The second kappa shape index (κ2) is 8.51. The van der Waals surface area contributed by atoms with E-state index in [1.165, 1.54) is 25.0 Å². The minimum Gasteiger partial charge on any atom is -0.326 e. The molecule has 1 amide bonds.